The summed E-state index contributed by atoms with van der Waals surface area (Å²) in [7, 11) is 0. The van der Waals surface area contributed by atoms with E-state index in [9.17, 15) is 4.79 Å². The van der Waals surface area contributed by atoms with E-state index in [1.54, 1.807) is 6.07 Å². The molecule has 4 nitrogen and oxygen atoms in total. The van der Waals surface area contributed by atoms with Crippen LogP contribution in [0, 0.1) is 5.92 Å². The van der Waals surface area contributed by atoms with Crippen LogP contribution in [-0.2, 0) is 6.54 Å². The molecule has 2 rings (SSSR count). The van der Waals surface area contributed by atoms with Crippen molar-refractivity contribution in [2.24, 2.45) is 17.4 Å². The Morgan fingerprint density at radius 3 is 2.79 bits per heavy atom. The molecule has 1 aromatic rings. The number of primary amides is 1. The van der Waals surface area contributed by atoms with Gasteiger partial charge in [0.1, 0.15) is 0 Å². The van der Waals surface area contributed by atoms with Gasteiger partial charge < -0.3 is 11.5 Å². The molecule has 4 heteroatoms. The summed E-state index contributed by atoms with van der Waals surface area (Å²) in [5.41, 5.74) is 12.9. The second-order valence-electron chi connectivity index (χ2n) is 5.48. The first-order valence-electron chi connectivity index (χ1n) is 6.93. The minimum absolute atomic E-state index is 0.351. The van der Waals surface area contributed by atoms with Gasteiger partial charge in [-0.1, -0.05) is 18.2 Å². The maximum absolute atomic E-state index is 11.4. The van der Waals surface area contributed by atoms with E-state index in [4.69, 9.17) is 11.5 Å². The molecule has 0 bridgehead atoms. The fourth-order valence-corrected chi connectivity index (χ4v) is 2.79. The van der Waals surface area contributed by atoms with Crippen molar-refractivity contribution in [2.45, 2.75) is 32.4 Å². The van der Waals surface area contributed by atoms with Crippen LogP contribution in [0.5, 0.6) is 0 Å². The largest absolute Gasteiger partial charge is 0.366 e. The van der Waals surface area contributed by atoms with Crippen molar-refractivity contribution in [2.75, 3.05) is 13.1 Å². The summed E-state index contributed by atoms with van der Waals surface area (Å²) >= 11 is 0. The molecular formula is C15H23N3O. The lowest BCUT2D eigenvalue weighted by molar-refractivity contribution is 0.0987. The van der Waals surface area contributed by atoms with E-state index in [1.165, 1.54) is 12.8 Å². The third kappa shape index (κ3) is 3.33. The summed E-state index contributed by atoms with van der Waals surface area (Å²) in [5.74, 6) is 0.215. The van der Waals surface area contributed by atoms with Gasteiger partial charge in [0.2, 0.25) is 5.91 Å². The molecule has 0 saturated carbocycles. The minimum atomic E-state index is -0.351. The molecule has 1 amide bonds. The molecular weight excluding hydrogens is 238 g/mol. The summed E-state index contributed by atoms with van der Waals surface area (Å²) in [6.45, 7) is 4.75. The predicted octanol–water partition coefficient (Wildman–Crippen LogP) is 1.34. The number of likely N-dealkylation sites (tertiary alicyclic amines) is 1. The number of nitrogens with zero attached hydrogens (tertiary/aromatic N) is 1. The zero-order chi connectivity index (χ0) is 13.8. The number of carbonyl (C=O) groups is 1. The Kier molecular flexibility index (Phi) is 4.56. The van der Waals surface area contributed by atoms with Gasteiger partial charge >= 0.3 is 0 Å². The van der Waals surface area contributed by atoms with Crippen molar-refractivity contribution in [3.8, 4) is 0 Å². The summed E-state index contributed by atoms with van der Waals surface area (Å²) < 4.78 is 0. The van der Waals surface area contributed by atoms with Gasteiger partial charge in [0.15, 0.2) is 0 Å². The number of rotatable bonds is 4. The zero-order valence-electron chi connectivity index (χ0n) is 11.5. The van der Waals surface area contributed by atoms with Crippen LogP contribution in [0.3, 0.4) is 0 Å². The Balaban J connectivity index is 2.13. The third-order valence-corrected chi connectivity index (χ3v) is 4.10. The molecule has 104 valence electrons. The van der Waals surface area contributed by atoms with Crippen molar-refractivity contribution >= 4 is 5.91 Å². The summed E-state index contributed by atoms with van der Waals surface area (Å²) in [6.07, 6.45) is 2.37. The Morgan fingerprint density at radius 1 is 1.37 bits per heavy atom. The fourth-order valence-electron chi connectivity index (χ4n) is 2.79. The van der Waals surface area contributed by atoms with Crippen molar-refractivity contribution < 1.29 is 4.79 Å². The highest BCUT2D eigenvalue weighted by molar-refractivity contribution is 5.94. The summed E-state index contributed by atoms with van der Waals surface area (Å²) in [4.78, 5) is 13.9. The SMILES string of the molecule is CC1CCC(CN)CN1Cc1ccccc1C(N)=O. The van der Waals surface area contributed by atoms with E-state index in [1.807, 2.05) is 18.2 Å². The lowest BCUT2D eigenvalue weighted by atomic mass is 9.92. The van der Waals surface area contributed by atoms with Crippen LogP contribution < -0.4 is 11.5 Å². The molecule has 2 unspecified atom stereocenters. The molecule has 1 saturated heterocycles. The molecule has 1 aliphatic rings. The molecule has 0 aromatic heterocycles. The average molecular weight is 261 g/mol. The second-order valence-corrected chi connectivity index (χ2v) is 5.48. The first-order chi connectivity index (χ1) is 9.11. The number of carbonyl (C=O) groups excluding carboxylic acids is 1. The van der Waals surface area contributed by atoms with Gasteiger partial charge in [-0.05, 0) is 43.9 Å². The molecule has 0 aliphatic carbocycles. The van der Waals surface area contributed by atoms with E-state index in [2.05, 4.69) is 11.8 Å². The van der Waals surface area contributed by atoms with Crippen LogP contribution in [0.15, 0.2) is 24.3 Å². The van der Waals surface area contributed by atoms with Crippen LogP contribution >= 0.6 is 0 Å². The normalized spacial score (nSPS) is 24.3. The highest BCUT2D eigenvalue weighted by Gasteiger charge is 2.25. The molecule has 0 spiro atoms. The molecule has 19 heavy (non-hydrogen) atoms. The number of hydrogen-bond acceptors (Lipinski definition) is 3. The van der Waals surface area contributed by atoms with E-state index in [-0.39, 0.29) is 5.91 Å². The monoisotopic (exact) mass is 261 g/mol. The molecule has 2 atom stereocenters. The van der Waals surface area contributed by atoms with Crippen molar-refractivity contribution in [1.82, 2.24) is 4.90 Å². The van der Waals surface area contributed by atoms with Gasteiger partial charge in [0.05, 0.1) is 0 Å². The number of benzene rings is 1. The van der Waals surface area contributed by atoms with E-state index in [0.29, 0.717) is 17.5 Å². The average Bonchev–Trinajstić information content (AvgIpc) is 2.41. The Morgan fingerprint density at radius 2 is 2.11 bits per heavy atom. The van der Waals surface area contributed by atoms with Gasteiger partial charge in [-0.2, -0.15) is 0 Å². The summed E-state index contributed by atoms with van der Waals surface area (Å²) in [5, 5.41) is 0. The first-order valence-corrected chi connectivity index (χ1v) is 6.93. The Bertz CT molecular complexity index is 447. The Labute approximate surface area is 114 Å². The van der Waals surface area contributed by atoms with Crippen molar-refractivity contribution in [3.05, 3.63) is 35.4 Å². The zero-order valence-corrected chi connectivity index (χ0v) is 11.5. The number of hydrogen-bond donors (Lipinski definition) is 2. The van der Waals surface area contributed by atoms with Gasteiger partial charge in [-0.3, -0.25) is 9.69 Å². The molecule has 0 radical (unpaired) electrons. The minimum Gasteiger partial charge on any atom is -0.366 e. The van der Waals surface area contributed by atoms with Gasteiger partial charge in [-0.25, -0.2) is 0 Å². The smallest absolute Gasteiger partial charge is 0.249 e. The van der Waals surface area contributed by atoms with Crippen LogP contribution in [0.2, 0.25) is 0 Å². The van der Waals surface area contributed by atoms with Crippen LogP contribution in [0.4, 0.5) is 0 Å². The van der Waals surface area contributed by atoms with Crippen molar-refractivity contribution in [1.29, 1.82) is 0 Å². The topological polar surface area (TPSA) is 72.3 Å². The number of nitrogens with two attached hydrogens (primary N) is 2. The molecule has 1 fully saturated rings. The lowest BCUT2D eigenvalue weighted by Gasteiger charge is -2.37. The first kappa shape index (κ1) is 14.0. The highest BCUT2D eigenvalue weighted by atomic mass is 16.1. The molecule has 1 aliphatic heterocycles. The molecule has 1 heterocycles. The van der Waals surface area contributed by atoms with Gasteiger partial charge in [0.25, 0.3) is 0 Å². The van der Waals surface area contributed by atoms with Crippen LogP contribution in [0.25, 0.3) is 0 Å². The van der Waals surface area contributed by atoms with Crippen LogP contribution in [-0.4, -0.2) is 29.9 Å². The van der Waals surface area contributed by atoms with Gasteiger partial charge in [-0.15, -0.1) is 0 Å². The number of amides is 1. The lowest BCUT2D eigenvalue weighted by Crippen LogP contribution is -2.43. The standard InChI is InChI=1S/C15H23N3O/c1-11-6-7-12(8-16)9-18(11)10-13-4-2-3-5-14(13)15(17)19/h2-5,11-12H,6-10,16H2,1H3,(H2,17,19). The maximum Gasteiger partial charge on any atom is 0.249 e. The van der Waals surface area contributed by atoms with Crippen molar-refractivity contribution in [3.63, 3.8) is 0 Å². The number of piperidine rings is 1. The molecule has 1 aromatic carbocycles. The van der Waals surface area contributed by atoms with E-state index in [0.717, 1.165) is 25.2 Å². The maximum atomic E-state index is 11.4. The predicted molar refractivity (Wildman–Crippen MR) is 76.6 cm³/mol. The fraction of sp³-hybridized carbons (Fsp3) is 0.533. The van der Waals surface area contributed by atoms with E-state index < -0.39 is 0 Å². The third-order valence-electron chi connectivity index (χ3n) is 4.10. The quantitative estimate of drug-likeness (QED) is 0.859. The summed E-state index contributed by atoms with van der Waals surface area (Å²) in [6, 6.07) is 8.12. The van der Waals surface area contributed by atoms with Gasteiger partial charge in [0, 0.05) is 24.7 Å². The Hall–Kier alpha value is -1.39. The molecule has 4 N–H and O–H groups in total. The second kappa shape index (κ2) is 6.17. The highest BCUT2D eigenvalue weighted by Crippen LogP contribution is 2.23. The van der Waals surface area contributed by atoms with Crippen LogP contribution in [0.1, 0.15) is 35.7 Å². The van der Waals surface area contributed by atoms with E-state index >= 15 is 0 Å².